The van der Waals surface area contributed by atoms with Crippen molar-refractivity contribution in [3.63, 3.8) is 0 Å². The predicted molar refractivity (Wildman–Crippen MR) is 113 cm³/mol. The first-order valence-corrected chi connectivity index (χ1v) is 10.5. The summed E-state index contributed by atoms with van der Waals surface area (Å²) in [6.45, 7) is 11.7. The highest BCUT2D eigenvalue weighted by atomic mass is 16.2. The van der Waals surface area contributed by atoms with Crippen molar-refractivity contribution in [3.05, 3.63) is 35.9 Å². The third-order valence-corrected chi connectivity index (χ3v) is 5.81. The zero-order valence-electron chi connectivity index (χ0n) is 17.4. The van der Waals surface area contributed by atoms with Crippen LogP contribution >= 0.6 is 0 Å². The molecule has 1 atom stereocenters. The second-order valence-corrected chi connectivity index (χ2v) is 7.37. The Labute approximate surface area is 164 Å². The normalized spacial score (nSPS) is 17.9. The van der Waals surface area contributed by atoms with Gasteiger partial charge in [0.05, 0.1) is 6.54 Å². The number of benzene rings is 1. The van der Waals surface area contributed by atoms with Crippen LogP contribution in [0.15, 0.2) is 35.3 Å². The molecule has 1 amide bonds. The highest BCUT2D eigenvalue weighted by molar-refractivity contribution is 5.80. The van der Waals surface area contributed by atoms with Crippen LogP contribution in [0.3, 0.4) is 0 Å². The predicted octanol–water partition coefficient (Wildman–Crippen LogP) is 3.31. The van der Waals surface area contributed by atoms with Gasteiger partial charge in [0.15, 0.2) is 5.96 Å². The van der Waals surface area contributed by atoms with Gasteiger partial charge in [-0.05, 0) is 31.7 Å². The number of rotatable bonds is 8. The van der Waals surface area contributed by atoms with Gasteiger partial charge in [-0.2, -0.15) is 0 Å². The van der Waals surface area contributed by atoms with Crippen molar-refractivity contribution < 1.29 is 4.79 Å². The molecule has 0 bridgehead atoms. The highest BCUT2D eigenvalue weighted by Gasteiger charge is 2.29. The summed E-state index contributed by atoms with van der Waals surface area (Å²) in [6, 6.07) is 11.0. The van der Waals surface area contributed by atoms with Crippen LogP contribution in [0.25, 0.3) is 0 Å². The van der Waals surface area contributed by atoms with Gasteiger partial charge in [0, 0.05) is 37.5 Å². The number of carbonyl (C=O) groups is 1. The fourth-order valence-electron chi connectivity index (χ4n) is 3.84. The van der Waals surface area contributed by atoms with Gasteiger partial charge >= 0.3 is 0 Å². The molecule has 5 nitrogen and oxygen atoms in total. The van der Waals surface area contributed by atoms with E-state index in [1.54, 1.807) is 0 Å². The Kier molecular flexibility index (Phi) is 8.14. The lowest BCUT2D eigenvalue weighted by Gasteiger charge is -2.31. The first-order chi connectivity index (χ1) is 13.1. The number of hydrogen-bond donors (Lipinski definition) is 2. The van der Waals surface area contributed by atoms with Gasteiger partial charge in [0.25, 0.3) is 0 Å². The summed E-state index contributed by atoms with van der Waals surface area (Å²) in [5, 5.41) is 6.92. The fourth-order valence-corrected chi connectivity index (χ4v) is 3.84. The molecule has 1 saturated heterocycles. The molecule has 2 N–H and O–H groups in total. The topological polar surface area (TPSA) is 56.7 Å². The summed E-state index contributed by atoms with van der Waals surface area (Å²) >= 11 is 0. The van der Waals surface area contributed by atoms with Crippen molar-refractivity contribution in [2.24, 2.45) is 4.99 Å². The lowest BCUT2D eigenvalue weighted by atomic mass is 9.76. The van der Waals surface area contributed by atoms with E-state index < -0.39 is 0 Å². The van der Waals surface area contributed by atoms with Crippen LogP contribution in [-0.2, 0) is 10.2 Å². The zero-order valence-corrected chi connectivity index (χ0v) is 17.4. The molecule has 0 spiro atoms. The average Bonchev–Trinajstić information content (AvgIpc) is 3.18. The minimum absolute atomic E-state index is 0.0590. The van der Waals surface area contributed by atoms with Crippen molar-refractivity contribution in [2.45, 2.75) is 64.8 Å². The molecule has 1 fully saturated rings. The number of likely N-dealkylation sites (tertiary alicyclic amines) is 1. The molecule has 5 heteroatoms. The van der Waals surface area contributed by atoms with Gasteiger partial charge in [-0.25, -0.2) is 0 Å². The molecule has 1 aromatic rings. The van der Waals surface area contributed by atoms with E-state index in [0.29, 0.717) is 6.42 Å². The maximum Gasteiger partial charge on any atom is 0.222 e. The SMILES string of the molecule is CCNC(=NCC(CC)(CC)c1ccccc1)NC1CCN(C(=O)CC)C1. The van der Waals surface area contributed by atoms with Crippen LogP contribution in [-0.4, -0.2) is 49.0 Å². The van der Waals surface area contributed by atoms with Crippen LogP contribution in [0.4, 0.5) is 0 Å². The zero-order chi connectivity index (χ0) is 19.7. The second-order valence-electron chi connectivity index (χ2n) is 7.37. The third-order valence-electron chi connectivity index (χ3n) is 5.81. The molecular formula is C22H36N4O. The van der Waals surface area contributed by atoms with E-state index in [0.717, 1.165) is 51.4 Å². The number of guanidine groups is 1. The molecule has 0 saturated carbocycles. The minimum Gasteiger partial charge on any atom is -0.357 e. The summed E-state index contributed by atoms with van der Waals surface area (Å²) in [5.74, 6) is 1.09. The molecule has 1 aliphatic rings. The Bertz CT molecular complexity index is 610. The number of aliphatic imine (C=N–C) groups is 1. The molecule has 1 heterocycles. The van der Waals surface area contributed by atoms with Gasteiger partial charge in [-0.15, -0.1) is 0 Å². The van der Waals surface area contributed by atoms with Crippen LogP contribution in [0.5, 0.6) is 0 Å². The molecule has 150 valence electrons. The summed E-state index contributed by atoms with van der Waals surface area (Å²) in [4.78, 5) is 18.8. The first-order valence-electron chi connectivity index (χ1n) is 10.5. The monoisotopic (exact) mass is 372 g/mol. The van der Waals surface area contributed by atoms with Gasteiger partial charge in [0.2, 0.25) is 5.91 Å². The maximum atomic E-state index is 11.9. The maximum absolute atomic E-state index is 11.9. The van der Waals surface area contributed by atoms with Crippen molar-refractivity contribution in [2.75, 3.05) is 26.2 Å². The van der Waals surface area contributed by atoms with E-state index in [-0.39, 0.29) is 17.4 Å². The van der Waals surface area contributed by atoms with Crippen molar-refractivity contribution >= 4 is 11.9 Å². The van der Waals surface area contributed by atoms with Crippen molar-refractivity contribution in [3.8, 4) is 0 Å². The molecule has 0 aliphatic carbocycles. The van der Waals surface area contributed by atoms with E-state index in [9.17, 15) is 4.79 Å². The fraction of sp³-hybridized carbons (Fsp3) is 0.636. The average molecular weight is 373 g/mol. The second kappa shape index (κ2) is 10.3. The Morgan fingerprint density at radius 2 is 1.89 bits per heavy atom. The largest absolute Gasteiger partial charge is 0.357 e. The molecule has 1 aliphatic heterocycles. The number of carbonyl (C=O) groups excluding carboxylic acids is 1. The Morgan fingerprint density at radius 3 is 2.48 bits per heavy atom. The highest BCUT2D eigenvalue weighted by Crippen LogP contribution is 2.32. The Hall–Kier alpha value is -2.04. The van der Waals surface area contributed by atoms with Crippen molar-refractivity contribution in [1.82, 2.24) is 15.5 Å². The third kappa shape index (κ3) is 5.47. The standard InChI is InChI=1S/C22H36N4O/c1-5-20(27)26-15-14-19(16-26)25-21(23-8-4)24-17-22(6-2,7-3)18-12-10-9-11-13-18/h9-13,19H,5-8,14-17H2,1-4H3,(H2,23,24,25). The van der Waals surface area contributed by atoms with Gasteiger partial charge in [-0.3, -0.25) is 9.79 Å². The van der Waals surface area contributed by atoms with E-state index in [2.05, 4.69) is 61.7 Å². The minimum atomic E-state index is 0.0590. The van der Waals surface area contributed by atoms with Crippen LogP contribution in [0.2, 0.25) is 0 Å². The van der Waals surface area contributed by atoms with Gasteiger partial charge in [0.1, 0.15) is 0 Å². The smallest absolute Gasteiger partial charge is 0.222 e. The van der Waals surface area contributed by atoms with Crippen LogP contribution in [0.1, 0.15) is 58.9 Å². The Morgan fingerprint density at radius 1 is 1.19 bits per heavy atom. The number of nitrogens with zero attached hydrogens (tertiary/aromatic N) is 2. The first kappa shape index (κ1) is 21.3. The van der Waals surface area contributed by atoms with Crippen LogP contribution in [0, 0.1) is 0 Å². The summed E-state index contributed by atoms with van der Waals surface area (Å²) in [6.07, 6.45) is 3.66. The summed E-state index contributed by atoms with van der Waals surface area (Å²) < 4.78 is 0. The van der Waals surface area contributed by atoms with E-state index in [4.69, 9.17) is 4.99 Å². The van der Waals surface area contributed by atoms with E-state index in [1.165, 1.54) is 5.56 Å². The summed E-state index contributed by atoms with van der Waals surface area (Å²) in [7, 11) is 0. The molecule has 1 aromatic carbocycles. The molecule has 2 rings (SSSR count). The lowest BCUT2D eigenvalue weighted by Crippen LogP contribution is -2.45. The molecule has 27 heavy (non-hydrogen) atoms. The van der Waals surface area contributed by atoms with E-state index in [1.807, 2.05) is 11.8 Å². The Balaban J connectivity index is 2.08. The molecular weight excluding hydrogens is 336 g/mol. The molecule has 0 radical (unpaired) electrons. The van der Waals surface area contributed by atoms with Gasteiger partial charge < -0.3 is 15.5 Å². The lowest BCUT2D eigenvalue weighted by molar-refractivity contribution is -0.129. The van der Waals surface area contributed by atoms with E-state index >= 15 is 0 Å². The van der Waals surface area contributed by atoms with Crippen LogP contribution < -0.4 is 10.6 Å². The molecule has 1 unspecified atom stereocenters. The summed E-state index contributed by atoms with van der Waals surface area (Å²) in [5.41, 5.74) is 1.42. The van der Waals surface area contributed by atoms with Gasteiger partial charge in [-0.1, -0.05) is 51.1 Å². The quantitative estimate of drug-likeness (QED) is 0.544. The van der Waals surface area contributed by atoms with Crippen molar-refractivity contribution in [1.29, 1.82) is 0 Å². The molecule has 0 aromatic heterocycles. The number of hydrogen-bond acceptors (Lipinski definition) is 2. The number of nitrogens with one attached hydrogen (secondary N) is 2. The number of amides is 1.